The molecule has 3 amide bonds. The molecule has 0 spiro atoms. The molecule has 1 aromatic carbocycles. The van der Waals surface area contributed by atoms with Crippen molar-refractivity contribution < 1.29 is 18.8 Å². The molecule has 0 radical (unpaired) electrons. The number of anilines is 1. The van der Waals surface area contributed by atoms with E-state index in [1.165, 1.54) is 0 Å². The molecule has 0 bridgehead atoms. The van der Waals surface area contributed by atoms with Crippen molar-refractivity contribution in [1.29, 1.82) is 0 Å². The summed E-state index contributed by atoms with van der Waals surface area (Å²) >= 11 is 0. The van der Waals surface area contributed by atoms with Crippen LogP contribution < -0.4 is 5.32 Å². The molecule has 29 heavy (non-hydrogen) atoms. The highest BCUT2D eigenvalue weighted by Crippen LogP contribution is 2.23. The lowest BCUT2D eigenvalue weighted by Gasteiger charge is -2.27. The molecule has 0 aliphatic carbocycles. The first-order chi connectivity index (χ1) is 14.1. The second-order valence-electron chi connectivity index (χ2n) is 7.72. The average Bonchev–Trinajstić information content (AvgIpc) is 3.34. The van der Waals surface area contributed by atoms with Gasteiger partial charge in [0.25, 0.3) is 0 Å². The molecule has 1 atom stereocenters. The molecule has 3 heterocycles. The van der Waals surface area contributed by atoms with Crippen LogP contribution in [0.5, 0.6) is 0 Å². The Morgan fingerprint density at radius 2 is 1.97 bits per heavy atom. The summed E-state index contributed by atoms with van der Waals surface area (Å²) in [6, 6.07) is 11.2. The minimum Gasteiger partial charge on any atom is -0.467 e. The number of benzene rings is 1. The van der Waals surface area contributed by atoms with Gasteiger partial charge in [0.1, 0.15) is 5.76 Å². The average molecular weight is 395 g/mol. The van der Waals surface area contributed by atoms with Gasteiger partial charge in [0.15, 0.2) is 0 Å². The maximum absolute atomic E-state index is 12.7. The van der Waals surface area contributed by atoms with E-state index in [-0.39, 0.29) is 30.1 Å². The number of carbonyl (C=O) groups is 3. The molecule has 0 saturated carbocycles. The third kappa shape index (κ3) is 4.67. The van der Waals surface area contributed by atoms with Crippen molar-refractivity contribution >= 4 is 23.4 Å². The topological polar surface area (TPSA) is 82.9 Å². The van der Waals surface area contributed by atoms with Crippen molar-refractivity contribution in [2.24, 2.45) is 5.92 Å². The van der Waals surface area contributed by atoms with Crippen LogP contribution in [0.2, 0.25) is 0 Å². The molecule has 1 unspecified atom stereocenters. The van der Waals surface area contributed by atoms with E-state index in [9.17, 15) is 14.4 Å². The Labute approximate surface area is 169 Å². The van der Waals surface area contributed by atoms with Crippen LogP contribution in [-0.4, -0.2) is 40.6 Å². The van der Waals surface area contributed by atoms with E-state index >= 15 is 0 Å². The maximum Gasteiger partial charge on any atom is 0.229 e. The van der Waals surface area contributed by atoms with Gasteiger partial charge >= 0.3 is 0 Å². The number of piperidine rings is 1. The molecule has 152 valence electrons. The number of nitrogens with one attached hydrogen (secondary N) is 1. The van der Waals surface area contributed by atoms with Crippen LogP contribution in [0.3, 0.4) is 0 Å². The van der Waals surface area contributed by atoms with Gasteiger partial charge in [-0.3, -0.25) is 14.4 Å². The predicted molar refractivity (Wildman–Crippen MR) is 107 cm³/mol. The summed E-state index contributed by atoms with van der Waals surface area (Å²) in [5.74, 6) is 0.307. The van der Waals surface area contributed by atoms with Gasteiger partial charge in [0, 0.05) is 38.2 Å². The van der Waals surface area contributed by atoms with E-state index in [1.54, 1.807) is 17.2 Å². The number of amides is 3. The molecular weight excluding hydrogens is 370 g/mol. The fraction of sp³-hybridized carbons (Fsp3) is 0.409. The van der Waals surface area contributed by atoms with Gasteiger partial charge in [-0.2, -0.15) is 0 Å². The van der Waals surface area contributed by atoms with Crippen molar-refractivity contribution in [2.75, 3.05) is 18.4 Å². The second kappa shape index (κ2) is 8.51. The Morgan fingerprint density at radius 3 is 2.76 bits per heavy atom. The van der Waals surface area contributed by atoms with Gasteiger partial charge in [-0.25, -0.2) is 0 Å². The van der Waals surface area contributed by atoms with Crippen molar-refractivity contribution in [3.63, 3.8) is 0 Å². The van der Waals surface area contributed by atoms with Gasteiger partial charge in [-0.1, -0.05) is 12.1 Å². The predicted octanol–water partition coefficient (Wildman–Crippen LogP) is 2.78. The smallest absolute Gasteiger partial charge is 0.229 e. The number of furan rings is 1. The minimum atomic E-state index is -0.384. The lowest BCUT2D eigenvalue weighted by molar-refractivity contribution is -0.134. The maximum atomic E-state index is 12.7. The van der Waals surface area contributed by atoms with Crippen molar-refractivity contribution in [2.45, 2.75) is 38.8 Å². The normalized spacial score (nSPS) is 19.7. The minimum absolute atomic E-state index is 0.0427. The van der Waals surface area contributed by atoms with Crippen LogP contribution in [0.1, 0.15) is 37.0 Å². The molecule has 2 aliphatic heterocycles. The number of rotatable bonds is 6. The van der Waals surface area contributed by atoms with Crippen LogP contribution >= 0.6 is 0 Å². The molecule has 2 saturated heterocycles. The van der Waals surface area contributed by atoms with Crippen LogP contribution in [0.15, 0.2) is 47.1 Å². The van der Waals surface area contributed by atoms with Crippen molar-refractivity contribution in [1.82, 2.24) is 9.80 Å². The summed E-state index contributed by atoms with van der Waals surface area (Å²) < 4.78 is 5.30. The van der Waals surface area contributed by atoms with E-state index in [4.69, 9.17) is 4.42 Å². The van der Waals surface area contributed by atoms with Crippen molar-refractivity contribution in [3.05, 3.63) is 54.0 Å². The van der Waals surface area contributed by atoms with E-state index in [0.717, 1.165) is 24.9 Å². The first-order valence-corrected chi connectivity index (χ1v) is 10.1. The third-order valence-electron chi connectivity index (χ3n) is 5.50. The fourth-order valence-electron chi connectivity index (χ4n) is 3.93. The molecule has 4 rings (SSSR count). The highest BCUT2D eigenvalue weighted by molar-refractivity contribution is 5.97. The van der Waals surface area contributed by atoms with E-state index < -0.39 is 0 Å². The largest absolute Gasteiger partial charge is 0.467 e. The van der Waals surface area contributed by atoms with Crippen LogP contribution in [0, 0.1) is 5.92 Å². The molecule has 7 heteroatoms. The van der Waals surface area contributed by atoms with Gasteiger partial charge in [0.2, 0.25) is 17.7 Å². The SMILES string of the molecule is O=C(Nc1cccc(CN2CCCCC2=O)c1)C1CC(=O)N(Cc2ccco2)C1. The van der Waals surface area contributed by atoms with E-state index in [1.807, 2.05) is 35.2 Å². The fourth-order valence-corrected chi connectivity index (χ4v) is 3.93. The molecule has 2 fully saturated rings. The number of carbonyl (C=O) groups excluding carboxylic acids is 3. The van der Waals surface area contributed by atoms with Gasteiger partial charge in [-0.05, 0) is 42.7 Å². The number of likely N-dealkylation sites (tertiary alicyclic amines) is 2. The Balaban J connectivity index is 1.35. The van der Waals surface area contributed by atoms with Crippen LogP contribution in [0.25, 0.3) is 0 Å². The summed E-state index contributed by atoms with van der Waals surface area (Å²) in [6.07, 6.45) is 4.38. The Morgan fingerprint density at radius 1 is 1.07 bits per heavy atom. The lowest BCUT2D eigenvalue weighted by Crippen LogP contribution is -2.34. The summed E-state index contributed by atoms with van der Waals surface area (Å²) in [7, 11) is 0. The zero-order valence-electron chi connectivity index (χ0n) is 16.3. The van der Waals surface area contributed by atoms with Gasteiger partial charge in [-0.15, -0.1) is 0 Å². The summed E-state index contributed by atoms with van der Waals surface area (Å²) in [6.45, 7) is 2.11. The highest BCUT2D eigenvalue weighted by Gasteiger charge is 2.34. The molecular formula is C22H25N3O4. The zero-order chi connectivity index (χ0) is 20.2. The summed E-state index contributed by atoms with van der Waals surface area (Å²) in [5.41, 5.74) is 1.67. The Kier molecular flexibility index (Phi) is 5.64. The Bertz CT molecular complexity index is 893. The quantitative estimate of drug-likeness (QED) is 0.815. The molecule has 1 N–H and O–H groups in total. The molecule has 7 nitrogen and oxygen atoms in total. The number of nitrogens with zero attached hydrogens (tertiary/aromatic N) is 2. The standard InChI is InChI=1S/C22H25N3O4/c26-20-8-1-2-9-24(20)13-16-5-3-6-18(11-16)23-22(28)17-12-21(27)25(14-17)15-19-7-4-10-29-19/h3-7,10-11,17H,1-2,8-9,12-15H2,(H,23,28). The van der Waals surface area contributed by atoms with Crippen molar-refractivity contribution in [3.8, 4) is 0 Å². The van der Waals surface area contributed by atoms with Gasteiger partial charge in [0.05, 0.1) is 18.7 Å². The van der Waals surface area contributed by atoms with Crippen LogP contribution in [-0.2, 0) is 27.5 Å². The lowest BCUT2D eigenvalue weighted by atomic mass is 10.1. The third-order valence-corrected chi connectivity index (χ3v) is 5.50. The second-order valence-corrected chi connectivity index (χ2v) is 7.72. The number of hydrogen-bond acceptors (Lipinski definition) is 4. The Hall–Kier alpha value is -3.09. The van der Waals surface area contributed by atoms with Gasteiger partial charge < -0.3 is 19.5 Å². The summed E-state index contributed by atoms with van der Waals surface area (Å²) in [5, 5.41) is 2.93. The summed E-state index contributed by atoms with van der Waals surface area (Å²) in [4.78, 5) is 40.5. The molecule has 1 aromatic heterocycles. The molecule has 2 aliphatic rings. The molecule has 2 aromatic rings. The first-order valence-electron chi connectivity index (χ1n) is 10.1. The first kappa shape index (κ1) is 19.2. The zero-order valence-corrected chi connectivity index (χ0v) is 16.3. The van der Waals surface area contributed by atoms with Crippen LogP contribution in [0.4, 0.5) is 5.69 Å². The highest BCUT2D eigenvalue weighted by atomic mass is 16.3. The van der Waals surface area contributed by atoms with E-state index in [2.05, 4.69) is 5.32 Å². The number of hydrogen-bond donors (Lipinski definition) is 1. The monoisotopic (exact) mass is 395 g/mol. The van der Waals surface area contributed by atoms with E-state index in [0.29, 0.717) is 37.5 Å².